The number of thioether (sulfide) groups is 1. The number of hydrogen-bond donors (Lipinski definition) is 1. The molecule has 1 aromatic heterocycles. The molecule has 2 rings (SSSR count). The number of aryl methyl sites for hydroxylation is 2. The third-order valence-electron chi connectivity index (χ3n) is 3.26. The summed E-state index contributed by atoms with van der Waals surface area (Å²) in [6, 6.07) is 10.9. The molecule has 0 aliphatic heterocycles. The smallest absolute Gasteiger partial charge is 0.110 e. The Bertz CT molecular complexity index is 586. The van der Waals surface area contributed by atoms with Crippen molar-refractivity contribution in [2.24, 2.45) is 0 Å². The zero-order chi connectivity index (χ0) is 14.5. The van der Waals surface area contributed by atoms with Gasteiger partial charge in [0.1, 0.15) is 5.03 Å². The highest BCUT2D eigenvalue weighted by molar-refractivity contribution is 9.10. The Morgan fingerprint density at radius 2 is 2.10 bits per heavy atom. The Morgan fingerprint density at radius 3 is 2.75 bits per heavy atom. The van der Waals surface area contributed by atoms with E-state index < -0.39 is 0 Å². The van der Waals surface area contributed by atoms with E-state index in [1.54, 1.807) is 11.8 Å². The maximum absolute atomic E-state index is 4.40. The molecule has 0 fully saturated rings. The van der Waals surface area contributed by atoms with Crippen LogP contribution >= 0.6 is 27.7 Å². The predicted molar refractivity (Wildman–Crippen MR) is 90.4 cm³/mol. The molecule has 0 saturated carbocycles. The Hall–Kier alpha value is -0.840. The summed E-state index contributed by atoms with van der Waals surface area (Å²) in [4.78, 5) is 4.40. The van der Waals surface area contributed by atoms with Crippen molar-refractivity contribution in [3.63, 3.8) is 0 Å². The van der Waals surface area contributed by atoms with E-state index in [0.29, 0.717) is 6.04 Å². The van der Waals surface area contributed by atoms with Crippen LogP contribution in [0.15, 0.2) is 46.0 Å². The van der Waals surface area contributed by atoms with Crippen molar-refractivity contribution in [1.82, 2.24) is 10.3 Å². The van der Waals surface area contributed by atoms with Gasteiger partial charge in [0.15, 0.2) is 0 Å². The monoisotopic (exact) mass is 350 g/mol. The molecule has 20 heavy (non-hydrogen) atoms. The number of halogens is 1. The molecular formula is C16H19BrN2S. The molecule has 1 aromatic carbocycles. The molecule has 1 heterocycles. The zero-order valence-corrected chi connectivity index (χ0v) is 14.4. The Balaban J connectivity index is 2.11. The third kappa shape index (κ3) is 3.84. The lowest BCUT2D eigenvalue weighted by Crippen LogP contribution is -2.19. The number of benzene rings is 1. The molecule has 2 nitrogen and oxygen atoms in total. The van der Waals surface area contributed by atoms with Crippen LogP contribution in [0, 0.1) is 13.8 Å². The van der Waals surface area contributed by atoms with E-state index in [1.807, 2.05) is 25.4 Å². The summed E-state index contributed by atoms with van der Waals surface area (Å²) in [6.07, 6.45) is 1.83. The van der Waals surface area contributed by atoms with Gasteiger partial charge in [0.25, 0.3) is 0 Å². The normalized spacial score (nSPS) is 12.4. The van der Waals surface area contributed by atoms with Crippen LogP contribution in [-0.4, -0.2) is 17.8 Å². The van der Waals surface area contributed by atoms with Gasteiger partial charge in [-0.05, 0) is 60.1 Å². The molecule has 0 aliphatic rings. The molecule has 1 N–H and O–H groups in total. The maximum Gasteiger partial charge on any atom is 0.110 e. The van der Waals surface area contributed by atoms with Crippen molar-refractivity contribution < 1.29 is 0 Å². The van der Waals surface area contributed by atoms with Gasteiger partial charge in [0.05, 0.1) is 0 Å². The highest BCUT2D eigenvalue weighted by Crippen LogP contribution is 2.29. The predicted octanol–water partition coefficient (Wildman–Crippen LogP) is 4.51. The van der Waals surface area contributed by atoms with Crippen LogP contribution < -0.4 is 5.32 Å². The van der Waals surface area contributed by atoms with E-state index in [1.165, 1.54) is 16.7 Å². The fourth-order valence-corrected chi connectivity index (χ4v) is 3.80. The summed E-state index contributed by atoms with van der Waals surface area (Å²) < 4.78 is 1.06. The van der Waals surface area contributed by atoms with Gasteiger partial charge in [0.2, 0.25) is 0 Å². The topological polar surface area (TPSA) is 24.9 Å². The molecule has 0 bridgehead atoms. The molecule has 0 amide bonds. The minimum absolute atomic E-state index is 0.328. The molecule has 1 unspecified atom stereocenters. The molecule has 0 saturated heterocycles. The molecule has 0 spiro atoms. The van der Waals surface area contributed by atoms with Crippen LogP contribution in [0.3, 0.4) is 0 Å². The summed E-state index contributed by atoms with van der Waals surface area (Å²) in [5.74, 6) is 0.954. The highest BCUT2D eigenvalue weighted by Gasteiger charge is 2.13. The summed E-state index contributed by atoms with van der Waals surface area (Å²) in [6.45, 7) is 4.30. The summed E-state index contributed by atoms with van der Waals surface area (Å²) in [5, 5.41) is 4.44. The maximum atomic E-state index is 4.40. The average molecular weight is 351 g/mol. The fourth-order valence-electron chi connectivity index (χ4n) is 2.18. The van der Waals surface area contributed by atoms with Gasteiger partial charge in [-0.1, -0.05) is 23.8 Å². The van der Waals surface area contributed by atoms with E-state index in [0.717, 1.165) is 15.3 Å². The van der Waals surface area contributed by atoms with Crippen LogP contribution in [-0.2, 0) is 0 Å². The van der Waals surface area contributed by atoms with Crippen molar-refractivity contribution in [1.29, 1.82) is 0 Å². The van der Waals surface area contributed by atoms with Crippen LogP contribution in [0.4, 0.5) is 0 Å². The molecule has 1 atom stereocenters. The van der Waals surface area contributed by atoms with E-state index in [-0.39, 0.29) is 0 Å². The fraction of sp³-hybridized carbons (Fsp3) is 0.312. The number of nitrogens with zero attached hydrogens (tertiary/aromatic N) is 1. The van der Waals surface area contributed by atoms with Crippen LogP contribution in [0.2, 0.25) is 0 Å². The lowest BCUT2D eigenvalue weighted by molar-refractivity contribution is 0.657. The first-order valence-electron chi connectivity index (χ1n) is 6.59. The van der Waals surface area contributed by atoms with Gasteiger partial charge < -0.3 is 5.32 Å². The highest BCUT2D eigenvalue weighted by atomic mass is 79.9. The van der Waals surface area contributed by atoms with Crippen LogP contribution in [0.1, 0.15) is 22.7 Å². The number of aromatic nitrogens is 1. The second-order valence-corrected chi connectivity index (χ2v) is 6.67. The van der Waals surface area contributed by atoms with Crippen LogP contribution in [0.25, 0.3) is 0 Å². The van der Waals surface area contributed by atoms with Gasteiger partial charge in [-0.15, -0.1) is 11.8 Å². The van der Waals surface area contributed by atoms with Gasteiger partial charge in [-0.3, -0.25) is 0 Å². The molecule has 2 aromatic rings. The largest absolute Gasteiger partial charge is 0.312 e. The van der Waals surface area contributed by atoms with Crippen molar-refractivity contribution in [2.75, 3.05) is 12.8 Å². The molecule has 0 radical (unpaired) electrons. The zero-order valence-electron chi connectivity index (χ0n) is 12.0. The Morgan fingerprint density at radius 1 is 1.30 bits per heavy atom. The number of rotatable bonds is 5. The Labute approximate surface area is 133 Å². The van der Waals surface area contributed by atoms with Gasteiger partial charge in [0, 0.05) is 22.5 Å². The van der Waals surface area contributed by atoms with Crippen molar-refractivity contribution in [3.05, 3.63) is 57.7 Å². The Kier molecular flexibility index (Phi) is 5.64. The lowest BCUT2D eigenvalue weighted by atomic mass is 10.0. The molecule has 4 heteroatoms. The second kappa shape index (κ2) is 7.25. The quantitative estimate of drug-likeness (QED) is 0.802. The summed E-state index contributed by atoms with van der Waals surface area (Å²) in [5.41, 5.74) is 4.00. The minimum Gasteiger partial charge on any atom is -0.312 e. The number of pyridine rings is 1. The van der Waals surface area contributed by atoms with E-state index in [9.17, 15) is 0 Å². The first kappa shape index (κ1) is 15.5. The first-order valence-corrected chi connectivity index (χ1v) is 8.37. The van der Waals surface area contributed by atoms with Crippen molar-refractivity contribution in [2.45, 2.75) is 24.9 Å². The number of hydrogen-bond acceptors (Lipinski definition) is 3. The molecular weight excluding hydrogens is 332 g/mol. The SMILES string of the molecule is CNC(CSc1ncccc1Br)c1ccc(C)cc1C. The first-order chi connectivity index (χ1) is 9.61. The summed E-state index contributed by atoms with van der Waals surface area (Å²) >= 11 is 5.31. The van der Waals surface area contributed by atoms with Gasteiger partial charge >= 0.3 is 0 Å². The van der Waals surface area contributed by atoms with Crippen LogP contribution in [0.5, 0.6) is 0 Å². The average Bonchev–Trinajstić information content (AvgIpc) is 2.43. The van der Waals surface area contributed by atoms with Crippen molar-refractivity contribution >= 4 is 27.7 Å². The minimum atomic E-state index is 0.328. The van der Waals surface area contributed by atoms with E-state index in [2.05, 4.69) is 58.3 Å². The molecule has 0 aliphatic carbocycles. The second-order valence-electron chi connectivity index (χ2n) is 4.80. The van der Waals surface area contributed by atoms with Gasteiger partial charge in [-0.25, -0.2) is 4.98 Å². The standard InChI is InChI=1S/C16H19BrN2S/c1-11-6-7-13(12(2)9-11)15(18-3)10-20-16-14(17)5-4-8-19-16/h4-9,15,18H,10H2,1-3H3. The summed E-state index contributed by atoms with van der Waals surface area (Å²) in [7, 11) is 2.01. The van der Waals surface area contributed by atoms with Crippen molar-refractivity contribution in [3.8, 4) is 0 Å². The third-order valence-corrected chi connectivity index (χ3v) is 5.26. The number of nitrogens with one attached hydrogen (secondary N) is 1. The lowest BCUT2D eigenvalue weighted by Gasteiger charge is -2.19. The van der Waals surface area contributed by atoms with Gasteiger partial charge in [-0.2, -0.15) is 0 Å². The van der Waals surface area contributed by atoms with E-state index >= 15 is 0 Å². The molecule has 106 valence electrons. The van der Waals surface area contributed by atoms with E-state index in [4.69, 9.17) is 0 Å².